The SMILES string of the molecule is CCCC(CC)c1ccc(OC)c(C)c1.O=CC12CC3CC(CC(C3)C1)C2. The highest BCUT2D eigenvalue weighted by molar-refractivity contribution is 5.60. The molecule has 1 aromatic rings. The summed E-state index contributed by atoms with van der Waals surface area (Å²) in [4.78, 5) is 11.1. The van der Waals surface area contributed by atoms with Gasteiger partial charge < -0.3 is 9.53 Å². The third-order valence-electron chi connectivity index (χ3n) is 7.36. The topological polar surface area (TPSA) is 26.3 Å². The lowest BCUT2D eigenvalue weighted by Gasteiger charge is -2.54. The van der Waals surface area contributed by atoms with Gasteiger partial charge in [-0.1, -0.05) is 32.4 Å². The lowest BCUT2D eigenvalue weighted by molar-refractivity contribution is -0.130. The molecule has 2 heteroatoms. The Morgan fingerprint density at radius 2 is 1.70 bits per heavy atom. The number of aldehydes is 1. The van der Waals surface area contributed by atoms with E-state index in [0.29, 0.717) is 5.92 Å². The molecule has 2 nitrogen and oxygen atoms in total. The van der Waals surface area contributed by atoms with Crippen LogP contribution in [0.1, 0.15) is 88.7 Å². The van der Waals surface area contributed by atoms with Gasteiger partial charge >= 0.3 is 0 Å². The van der Waals surface area contributed by atoms with E-state index < -0.39 is 0 Å². The van der Waals surface area contributed by atoms with Gasteiger partial charge in [-0.25, -0.2) is 0 Å². The summed E-state index contributed by atoms with van der Waals surface area (Å²) < 4.78 is 5.27. The van der Waals surface area contributed by atoms with E-state index in [2.05, 4.69) is 39.0 Å². The van der Waals surface area contributed by atoms with Gasteiger partial charge in [-0.15, -0.1) is 0 Å². The van der Waals surface area contributed by atoms with Crippen LogP contribution in [0.4, 0.5) is 0 Å². The van der Waals surface area contributed by atoms with Gasteiger partial charge in [0.2, 0.25) is 0 Å². The summed E-state index contributed by atoms with van der Waals surface area (Å²) in [5, 5.41) is 0. The molecule has 1 unspecified atom stereocenters. The monoisotopic (exact) mass is 370 g/mol. The first-order valence-corrected chi connectivity index (χ1v) is 11.1. The van der Waals surface area contributed by atoms with Crippen molar-refractivity contribution in [2.45, 2.75) is 84.5 Å². The van der Waals surface area contributed by atoms with E-state index in [-0.39, 0.29) is 5.41 Å². The van der Waals surface area contributed by atoms with Crippen molar-refractivity contribution >= 4 is 6.29 Å². The van der Waals surface area contributed by atoms with Crippen LogP contribution in [0.3, 0.4) is 0 Å². The Morgan fingerprint density at radius 1 is 1.11 bits per heavy atom. The van der Waals surface area contributed by atoms with Gasteiger partial charge in [0.1, 0.15) is 12.0 Å². The predicted molar refractivity (Wildman–Crippen MR) is 112 cm³/mol. The normalized spacial score (nSPS) is 31.8. The Morgan fingerprint density at radius 3 is 2.11 bits per heavy atom. The standard InChI is InChI=1S/C14H22O.C11H16O/c1-5-7-12(6-2)13-8-9-14(15-4)11(3)10-13;12-7-11-4-8-1-9(5-11)3-10(2-8)6-11/h8-10,12H,5-7H2,1-4H3;7-10H,1-6H2. The average molecular weight is 371 g/mol. The van der Waals surface area contributed by atoms with Crippen molar-refractivity contribution in [3.05, 3.63) is 29.3 Å². The molecule has 4 bridgehead atoms. The van der Waals surface area contributed by atoms with Gasteiger partial charge in [-0.2, -0.15) is 0 Å². The molecule has 0 saturated heterocycles. The fourth-order valence-electron chi connectivity index (χ4n) is 6.43. The fourth-order valence-corrected chi connectivity index (χ4v) is 6.43. The van der Waals surface area contributed by atoms with Crippen molar-refractivity contribution < 1.29 is 9.53 Å². The molecule has 1 atom stereocenters. The summed E-state index contributed by atoms with van der Waals surface area (Å²) in [7, 11) is 1.73. The first-order valence-electron chi connectivity index (χ1n) is 11.1. The maximum absolute atomic E-state index is 11.1. The average Bonchev–Trinajstić information content (AvgIpc) is 2.65. The number of methoxy groups -OCH3 is 1. The summed E-state index contributed by atoms with van der Waals surface area (Å²) >= 11 is 0. The molecule has 4 saturated carbocycles. The molecule has 0 aliphatic heterocycles. The summed E-state index contributed by atoms with van der Waals surface area (Å²) in [6.07, 6.45) is 13.0. The van der Waals surface area contributed by atoms with E-state index in [1.807, 2.05) is 0 Å². The van der Waals surface area contributed by atoms with Crippen molar-refractivity contribution in [3.8, 4) is 5.75 Å². The smallest absolute Gasteiger partial charge is 0.126 e. The van der Waals surface area contributed by atoms with Crippen molar-refractivity contribution in [1.29, 1.82) is 0 Å². The minimum absolute atomic E-state index is 0.161. The van der Waals surface area contributed by atoms with E-state index >= 15 is 0 Å². The molecule has 0 amide bonds. The second kappa shape index (κ2) is 8.80. The van der Waals surface area contributed by atoms with Gasteiger partial charge in [-0.3, -0.25) is 0 Å². The molecule has 0 radical (unpaired) electrons. The van der Waals surface area contributed by atoms with Gasteiger partial charge in [0.05, 0.1) is 7.11 Å². The number of carbonyl (C=O) groups is 1. The number of ether oxygens (including phenoxy) is 1. The second-order valence-corrected chi connectivity index (χ2v) is 9.52. The summed E-state index contributed by atoms with van der Waals surface area (Å²) in [5.74, 6) is 4.45. The minimum atomic E-state index is 0.161. The highest BCUT2D eigenvalue weighted by Gasteiger charge is 2.50. The predicted octanol–water partition coefficient (Wildman–Crippen LogP) is 6.70. The second-order valence-electron chi connectivity index (χ2n) is 9.52. The molecule has 150 valence electrons. The van der Waals surface area contributed by atoms with Crippen molar-refractivity contribution in [1.82, 2.24) is 0 Å². The van der Waals surface area contributed by atoms with Gasteiger partial charge in [0, 0.05) is 5.41 Å². The zero-order valence-corrected chi connectivity index (χ0v) is 17.8. The van der Waals surface area contributed by atoms with Crippen LogP contribution in [0.5, 0.6) is 5.75 Å². The highest BCUT2D eigenvalue weighted by atomic mass is 16.5. The minimum Gasteiger partial charge on any atom is -0.496 e. The Hall–Kier alpha value is -1.31. The zero-order valence-electron chi connectivity index (χ0n) is 17.8. The van der Waals surface area contributed by atoms with Crippen LogP contribution in [0.25, 0.3) is 0 Å². The van der Waals surface area contributed by atoms with E-state index in [0.717, 1.165) is 23.5 Å². The van der Waals surface area contributed by atoms with E-state index in [9.17, 15) is 4.79 Å². The number of hydrogen-bond acceptors (Lipinski definition) is 2. The number of aryl methyl sites for hydroxylation is 1. The number of hydrogen-bond donors (Lipinski definition) is 0. The maximum atomic E-state index is 11.1. The molecule has 1 aromatic carbocycles. The van der Waals surface area contributed by atoms with Gasteiger partial charge in [-0.05, 0) is 99.2 Å². The van der Waals surface area contributed by atoms with Crippen LogP contribution in [-0.2, 0) is 4.79 Å². The number of carbonyl (C=O) groups excluding carboxylic acids is 1. The molecular formula is C25H38O2. The molecule has 4 aliphatic rings. The molecule has 27 heavy (non-hydrogen) atoms. The van der Waals surface area contributed by atoms with Crippen LogP contribution in [-0.4, -0.2) is 13.4 Å². The first-order chi connectivity index (χ1) is 13.0. The lowest BCUT2D eigenvalue weighted by Crippen LogP contribution is -2.46. The van der Waals surface area contributed by atoms with Crippen molar-refractivity contribution in [2.24, 2.45) is 23.2 Å². The van der Waals surface area contributed by atoms with Gasteiger partial charge in [0.25, 0.3) is 0 Å². The van der Waals surface area contributed by atoms with Crippen molar-refractivity contribution in [3.63, 3.8) is 0 Å². The van der Waals surface area contributed by atoms with Crippen LogP contribution < -0.4 is 4.74 Å². The number of benzene rings is 1. The lowest BCUT2D eigenvalue weighted by atomic mass is 9.50. The molecular weight excluding hydrogens is 332 g/mol. The molecule has 4 aliphatic carbocycles. The van der Waals surface area contributed by atoms with E-state index in [1.54, 1.807) is 7.11 Å². The van der Waals surface area contributed by atoms with Crippen LogP contribution in [0, 0.1) is 30.1 Å². The maximum Gasteiger partial charge on any atom is 0.126 e. The summed E-state index contributed by atoms with van der Waals surface area (Å²) in [6, 6.07) is 6.56. The fraction of sp³-hybridized carbons (Fsp3) is 0.720. The largest absolute Gasteiger partial charge is 0.496 e. The third-order valence-corrected chi connectivity index (χ3v) is 7.36. The quantitative estimate of drug-likeness (QED) is 0.521. The Labute approximate surface area is 166 Å². The van der Waals surface area contributed by atoms with Crippen LogP contribution in [0.15, 0.2) is 18.2 Å². The van der Waals surface area contributed by atoms with E-state index in [4.69, 9.17) is 4.74 Å². The molecule has 4 fully saturated rings. The Bertz CT molecular complexity index is 598. The Balaban J connectivity index is 0.000000158. The zero-order chi connectivity index (χ0) is 19.4. The molecule has 0 N–H and O–H groups in total. The van der Waals surface area contributed by atoms with Crippen molar-refractivity contribution in [2.75, 3.05) is 7.11 Å². The number of rotatable bonds is 6. The van der Waals surface area contributed by atoms with Crippen LogP contribution in [0.2, 0.25) is 0 Å². The summed E-state index contributed by atoms with van der Waals surface area (Å²) in [5.41, 5.74) is 2.86. The van der Waals surface area contributed by atoms with Crippen LogP contribution >= 0.6 is 0 Å². The molecule has 0 spiro atoms. The molecule has 0 aromatic heterocycles. The summed E-state index contributed by atoms with van der Waals surface area (Å²) in [6.45, 7) is 6.62. The third kappa shape index (κ3) is 4.58. The highest BCUT2D eigenvalue weighted by Crippen LogP contribution is 2.59. The van der Waals surface area contributed by atoms with Gasteiger partial charge in [0.15, 0.2) is 0 Å². The Kier molecular flexibility index (Phi) is 6.65. The van der Waals surface area contributed by atoms with E-state index in [1.165, 1.54) is 75.2 Å². The first kappa shape index (κ1) is 20.4. The molecule has 5 rings (SSSR count). The molecule has 0 heterocycles.